The van der Waals surface area contributed by atoms with Gasteiger partial charge in [-0.3, -0.25) is 9.63 Å². The molecule has 6 nitrogen and oxygen atoms in total. The molecule has 0 N–H and O–H groups in total. The van der Waals surface area contributed by atoms with E-state index in [1.807, 2.05) is 31.2 Å². The summed E-state index contributed by atoms with van der Waals surface area (Å²) in [6.07, 6.45) is 0. The summed E-state index contributed by atoms with van der Waals surface area (Å²) in [5.74, 6) is -0.174. The molecule has 0 aliphatic carbocycles. The summed E-state index contributed by atoms with van der Waals surface area (Å²) in [5.41, 5.74) is 2.61. The third kappa shape index (κ3) is 4.25. The number of carbonyl (C=O) groups is 1. The first-order chi connectivity index (χ1) is 11.8. The van der Waals surface area contributed by atoms with Gasteiger partial charge in [0.2, 0.25) is 0 Å². The molecule has 0 atom stereocenters. The van der Waals surface area contributed by atoms with Crippen molar-refractivity contribution in [1.29, 1.82) is 0 Å². The lowest BCUT2D eigenvalue weighted by atomic mass is 10.1. The highest BCUT2D eigenvalue weighted by Crippen LogP contribution is 2.17. The Labute approximate surface area is 148 Å². The summed E-state index contributed by atoms with van der Waals surface area (Å²) < 4.78 is 25.1. The number of amides is 1. The summed E-state index contributed by atoms with van der Waals surface area (Å²) in [5, 5.41) is 0. The van der Waals surface area contributed by atoms with E-state index >= 15 is 0 Å². The van der Waals surface area contributed by atoms with Crippen LogP contribution in [0, 0.1) is 6.92 Å². The van der Waals surface area contributed by atoms with E-state index in [4.69, 9.17) is 4.84 Å². The average Bonchev–Trinajstić information content (AvgIpc) is 2.62. The van der Waals surface area contributed by atoms with Crippen molar-refractivity contribution < 1.29 is 18.0 Å². The summed E-state index contributed by atoms with van der Waals surface area (Å²) in [6, 6.07) is 13.7. The van der Waals surface area contributed by atoms with Crippen molar-refractivity contribution in [3.63, 3.8) is 0 Å². The molecular formula is C18H22N2O4S. The second-order valence-corrected chi connectivity index (χ2v) is 7.65. The van der Waals surface area contributed by atoms with Crippen LogP contribution in [0.2, 0.25) is 0 Å². The number of carbonyl (C=O) groups excluding carboxylic acids is 1. The van der Waals surface area contributed by atoms with Gasteiger partial charge in [0.1, 0.15) is 0 Å². The number of benzene rings is 2. The molecule has 1 amide bonds. The third-order valence-electron chi connectivity index (χ3n) is 4.01. The average molecular weight is 362 g/mol. The van der Waals surface area contributed by atoms with Crippen LogP contribution in [0.5, 0.6) is 0 Å². The number of rotatable bonds is 6. The van der Waals surface area contributed by atoms with E-state index in [1.54, 1.807) is 11.9 Å². The maximum Gasteiger partial charge on any atom is 0.264 e. The van der Waals surface area contributed by atoms with Gasteiger partial charge in [-0.2, -0.15) is 0 Å². The van der Waals surface area contributed by atoms with Crippen LogP contribution in [0.4, 0.5) is 0 Å². The fourth-order valence-corrected chi connectivity index (χ4v) is 3.32. The number of hydroxylamine groups is 1. The summed E-state index contributed by atoms with van der Waals surface area (Å²) in [6.45, 7) is 2.48. The normalized spacial score (nSPS) is 11.6. The highest BCUT2D eigenvalue weighted by atomic mass is 32.2. The lowest BCUT2D eigenvalue weighted by molar-refractivity contribution is -0.0258. The van der Waals surface area contributed by atoms with Gasteiger partial charge in [-0.25, -0.2) is 8.42 Å². The van der Waals surface area contributed by atoms with Gasteiger partial charge in [-0.1, -0.05) is 28.7 Å². The zero-order valence-electron chi connectivity index (χ0n) is 14.8. The maximum atomic E-state index is 12.6. The number of nitrogens with zero attached hydrogens (tertiary/aromatic N) is 2. The molecule has 2 rings (SSSR count). The largest absolute Gasteiger partial charge is 0.337 e. The number of sulfonamides is 1. The zero-order chi connectivity index (χ0) is 18.6. The smallest absolute Gasteiger partial charge is 0.264 e. The van der Waals surface area contributed by atoms with Gasteiger partial charge in [-0.05, 0) is 42.3 Å². The molecule has 0 spiro atoms. The SMILES string of the molecule is CON(C)S(=O)(=O)c1ccc(C(=O)N(C)Cc2ccccc2C)cc1. The first kappa shape index (κ1) is 19.1. The molecule has 25 heavy (non-hydrogen) atoms. The van der Waals surface area contributed by atoms with Gasteiger partial charge in [0.15, 0.2) is 0 Å². The van der Waals surface area contributed by atoms with Crippen LogP contribution in [-0.4, -0.2) is 44.9 Å². The van der Waals surface area contributed by atoms with Crippen molar-refractivity contribution in [2.75, 3.05) is 21.2 Å². The lowest BCUT2D eigenvalue weighted by Gasteiger charge is -2.19. The second-order valence-electron chi connectivity index (χ2n) is 5.71. The van der Waals surface area contributed by atoms with Crippen LogP contribution < -0.4 is 0 Å². The number of hydrogen-bond donors (Lipinski definition) is 0. The number of hydrogen-bond acceptors (Lipinski definition) is 4. The molecule has 0 saturated heterocycles. The van der Waals surface area contributed by atoms with Gasteiger partial charge < -0.3 is 4.90 Å². The van der Waals surface area contributed by atoms with E-state index in [1.165, 1.54) is 38.4 Å². The predicted octanol–water partition coefficient (Wildman–Crippen LogP) is 2.45. The molecule has 0 fully saturated rings. The molecule has 0 aliphatic rings. The number of aryl methyl sites for hydroxylation is 1. The second kappa shape index (κ2) is 7.77. The first-order valence-electron chi connectivity index (χ1n) is 7.70. The van der Waals surface area contributed by atoms with Crippen LogP contribution in [0.3, 0.4) is 0 Å². The van der Waals surface area contributed by atoms with Crippen molar-refractivity contribution in [2.45, 2.75) is 18.4 Å². The fraction of sp³-hybridized carbons (Fsp3) is 0.278. The van der Waals surface area contributed by atoms with Crippen LogP contribution in [0.25, 0.3) is 0 Å². The van der Waals surface area contributed by atoms with E-state index in [0.29, 0.717) is 12.1 Å². The minimum absolute atomic E-state index is 0.0648. The van der Waals surface area contributed by atoms with Gasteiger partial charge in [-0.15, -0.1) is 0 Å². The van der Waals surface area contributed by atoms with E-state index in [9.17, 15) is 13.2 Å². The maximum absolute atomic E-state index is 12.6. The van der Waals surface area contributed by atoms with Gasteiger partial charge in [0, 0.05) is 26.2 Å². The van der Waals surface area contributed by atoms with Gasteiger partial charge in [0.05, 0.1) is 12.0 Å². The van der Waals surface area contributed by atoms with Crippen LogP contribution >= 0.6 is 0 Å². The minimum Gasteiger partial charge on any atom is -0.337 e. The van der Waals surface area contributed by atoms with Crippen LogP contribution in [-0.2, 0) is 21.4 Å². The Bertz CT molecular complexity index is 848. The summed E-state index contributed by atoms with van der Waals surface area (Å²) in [7, 11) is 0.584. The topological polar surface area (TPSA) is 66.9 Å². The molecule has 2 aromatic rings. The molecule has 0 unspecified atom stereocenters. The Hall–Kier alpha value is -2.22. The van der Waals surface area contributed by atoms with Crippen molar-refractivity contribution in [2.24, 2.45) is 0 Å². The lowest BCUT2D eigenvalue weighted by Crippen LogP contribution is -2.27. The van der Waals surface area contributed by atoms with E-state index < -0.39 is 10.0 Å². The Morgan fingerprint density at radius 2 is 1.64 bits per heavy atom. The van der Waals surface area contributed by atoms with Gasteiger partial charge in [0.25, 0.3) is 15.9 Å². The van der Waals surface area contributed by atoms with Crippen molar-refractivity contribution in [1.82, 2.24) is 9.37 Å². The minimum atomic E-state index is -3.72. The predicted molar refractivity (Wildman–Crippen MR) is 95.4 cm³/mol. The quantitative estimate of drug-likeness (QED) is 0.741. The summed E-state index contributed by atoms with van der Waals surface area (Å²) >= 11 is 0. The highest BCUT2D eigenvalue weighted by Gasteiger charge is 2.21. The first-order valence-corrected chi connectivity index (χ1v) is 9.14. The molecule has 134 valence electrons. The zero-order valence-corrected chi connectivity index (χ0v) is 15.6. The molecule has 0 radical (unpaired) electrons. The van der Waals surface area contributed by atoms with Crippen molar-refractivity contribution in [3.8, 4) is 0 Å². The standard InChI is InChI=1S/C18H22N2O4S/c1-14-7-5-6-8-16(14)13-19(2)18(21)15-9-11-17(12-10-15)25(22,23)20(3)24-4/h5-12H,13H2,1-4H3. The molecule has 0 saturated carbocycles. The molecular weight excluding hydrogens is 340 g/mol. The molecule has 0 heterocycles. The molecule has 0 aliphatic heterocycles. The van der Waals surface area contributed by atoms with E-state index in [0.717, 1.165) is 15.6 Å². The molecule has 0 bridgehead atoms. The van der Waals surface area contributed by atoms with Crippen LogP contribution in [0.15, 0.2) is 53.4 Å². The fourth-order valence-electron chi connectivity index (χ4n) is 2.35. The monoisotopic (exact) mass is 362 g/mol. The Morgan fingerprint density at radius 1 is 1.04 bits per heavy atom. The van der Waals surface area contributed by atoms with E-state index in [-0.39, 0.29) is 10.8 Å². The highest BCUT2D eigenvalue weighted by molar-refractivity contribution is 7.89. The molecule has 2 aromatic carbocycles. The van der Waals surface area contributed by atoms with Gasteiger partial charge >= 0.3 is 0 Å². The van der Waals surface area contributed by atoms with Crippen molar-refractivity contribution >= 4 is 15.9 Å². The van der Waals surface area contributed by atoms with Crippen molar-refractivity contribution in [3.05, 3.63) is 65.2 Å². The Morgan fingerprint density at radius 3 is 2.20 bits per heavy atom. The van der Waals surface area contributed by atoms with Crippen LogP contribution in [0.1, 0.15) is 21.5 Å². The Kier molecular flexibility index (Phi) is 5.94. The summed E-state index contributed by atoms with van der Waals surface area (Å²) in [4.78, 5) is 19.0. The molecule has 7 heteroatoms. The molecule has 0 aromatic heterocycles. The van der Waals surface area contributed by atoms with E-state index in [2.05, 4.69) is 0 Å². The Balaban J connectivity index is 2.16. The third-order valence-corrected chi connectivity index (χ3v) is 5.70.